The van der Waals surface area contributed by atoms with Gasteiger partial charge in [-0.1, -0.05) is 18.2 Å². The van der Waals surface area contributed by atoms with E-state index in [1.54, 1.807) is 18.2 Å². The first-order chi connectivity index (χ1) is 8.68. The van der Waals surface area contributed by atoms with Gasteiger partial charge in [-0.3, -0.25) is 4.79 Å². The molecule has 0 aromatic heterocycles. The molecule has 0 radical (unpaired) electrons. The smallest absolute Gasteiger partial charge is 0.326 e. The summed E-state index contributed by atoms with van der Waals surface area (Å²) in [5.74, 6) is -0.571. The number of esters is 1. The lowest BCUT2D eigenvalue weighted by atomic mass is 9.83. The Balaban J connectivity index is 2.25. The number of carbonyl (C=O) groups excluding carboxylic acids is 1. The number of hydrogen-bond donors (Lipinski definition) is 1. The largest absolute Gasteiger partial charge is 0.468 e. The number of ether oxygens (including phenoxy) is 1. The van der Waals surface area contributed by atoms with E-state index in [2.05, 4.69) is 5.32 Å². The first kappa shape index (κ1) is 13.0. The fourth-order valence-corrected chi connectivity index (χ4v) is 2.53. The lowest BCUT2D eigenvalue weighted by molar-refractivity contribution is -0.149. The summed E-state index contributed by atoms with van der Waals surface area (Å²) in [6.07, 6.45) is 3.02. The molecule has 1 atom stereocenters. The lowest BCUT2D eigenvalue weighted by Gasteiger charge is -2.35. The highest BCUT2D eigenvalue weighted by atomic mass is 19.1. The number of methoxy groups -OCH3 is 1. The van der Waals surface area contributed by atoms with Crippen LogP contribution in [0.15, 0.2) is 24.3 Å². The molecule has 1 unspecified atom stereocenters. The Morgan fingerprint density at radius 1 is 1.44 bits per heavy atom. The third kappa shape index (κ3) is 2.53. The van der Waals surface area contributed by atoms with Gasteiger partial charge in [0.2, 0.25) is 0 Å². The van der Waals surface area contributed by atoms with Crippen molar-refractivity contribution in [1.29, 1.82) is 0 Å². The molecule has 1 saturated heterocycles. The standard InChI is InChI=1S/C14H18FNO2/c1-18-13(17)14(8-4-5-9-16-14)10-11-6-2-3-7-12(11)15/h2-3,6-7,16H,4-5,8-10H2,1H3. The van der Waals surface area contributed by atoms with Gasteiger partial charge in [-0.05, 0) is 37.4 Å². The highest BCUT2D eigenvalue weighted by Gasteiger charge is 2.40. The third-order valence-electron chi connectivity index (χ3n) is 3.52. The minimum atomic E-state index is -0.769. The summed E-state index contributed by atoms with van der Waals surface area (Å²) < 4.78 is 18.6. The molecule has 0 amide bonds. The van der Waals surface area contributed by atoms with Crippen LogP contribution >= 0.6 is 0 Å². The van der Waals surface area contributed by atoms with Crippen molar-refractivity contribution < 1.29 is 13.9 Å². The highest BCUT2D eigenvalue weighted by Crippen LogP contribution is 2.26. The van der Waals surface area contributed by atoms with Crippen LogP contribution < -0.4 is 5.32 Å². The Bertz CT molecular complexity index is 428. The SMILES string of the molecule is COC(=O)C1(Cc2ccccc2F)CCCCN1. The van der Waals surface area contributed by atoms with Crippen LogP contribution in [0.25, 0.3) is 0 Å². The van der Waals surface area contributed by atoms with E-state index >= 15 is 0 Å². The van der Waals surface area contributed by atoms with E-state index in [0.29, 0.717) is 18.4 Å². The molecule has 1 aliphatic heterocycles. The molecule has 0 saturated carbocycles. The molecule has 4 heteroatoms. The number of nitrogens with one attached hydrogen (secondary N) is 1. The second-order valence-electron chi connectivity index (χ2n) is 4.73. The predicted octanol–water partition coefficient (Wildman–Crippen LogP) is 2.05. The van der Waals surface area contributed by atoms with E-state index in [1.807, 2.05) is 0 Å². The second kappa shape index (κ2) is 5.48. The number of rotatable bonds is 3. The van der Waals surface area contributed by atoms with E-state index in [-0.39, 0.29) is 11.8 Å². The zero-order chi connectivity index (χ0) is 13.0. The number of hydrogen-bond acceptors (Lipinski definition) is 3. The van der Waals surface area contributed by atoms with Gasteiger partial charge in [-0.15, -0.1) is 0 Å². The summed E-state index contributed by atoms with van der Waals surface area (Å²) in [7, 11) is 1.38. The normalized spacial score (nSPS) is 23.7. The van der Waals surface area contributed by atoms with E-state index in [9.17, 15) is 9.18 Å². The van der Waals surface area contributed by atoms with Crippen molar-refractivity contribution in [3.63, 3.8) is 0 Å². The molecular formula is C14H18FNO2. The molecule has 1 aromatic carbocycles. The molecule has 0 aliphatic carbocycles. The molecule has 1 heterocycles. The van der Waals surface area contributed by atoms with Crippen LogP contribution in [-0.4, -0.2) is 25.2 Å². The quantitative estimate of drug-likeness (QED) is 0.836. The Morgan fingerprint density at radius 2 is 2.22 bits per heavy atom. The average Bonchev–Trinajstić information content (AvgIpc) is 2.41. The third-order valence-corrected chi connectivity index (χ3v) is 3.52. The van der Waals surface area contributed by atoms with Gasteiger partial charge < -0.3 is 10.1 Å². The number of piperidine rings is 1. The van der Waals surface area contributed by atoms with Gasteiger partial charge in [0.15, 0.2) is 0 Å². The van der Waals surface area contributed by atoms with Gasteiger partial charge in [0, 0.05) is 6.42 Å². The number of benzene rings is 1. The molecule has 1 aliphatic rings. The maximum atomic E-state index is 13.7. The van der Waals surface area contributed by atoms with Crippen LogP contribution in [0.4, 0.5) is 4.39 Å². The van der Waals surface area contributed by atoms with Crippen LogP contribution in [0, 0.1) is 5.82 Å². The van der Waals surface area contributed by atoms with Gasteiger partial charge in [0.05, 0.1) is 7.11 Å². The Labute approximate surface area is 106 Å². The topological polar surface area (TPSA) is 38.3 Å². The molecule has 3 nitrogen and oxygen atoms in total. The molecule has 2 rings (SSSR count). The van der Waals surface area contributed by atoms with Crippen LogP contribution in [0.3, 0.4) is 0 Å². The van der Waals surface area contributed by atoms with Crippen molar-refractivity contribution in [2.45, 2.75) is 31.2 Å². The molecule has 1 fully saturated rings. The Morgan fingerprint density at radius 3 is 2.83 bits per heavy atom. The van der Waals surface area contributed by atoms with Crippen LogP contribution in [0.2, 0.25) is 0 Å². The maximum absolute atomic E-state index is 13.7. The first-order valence-electron chi connectivity index (χ1n) is 6.25. The molecule has 98 valence electrons. The van der Waals surface area contributed by atoms with Crippen molar-refractivity contribution in [2.24, 2.45) is 0 Å². The van der Waals surface area contributed by atoms with Crippen LogP contribution in [0.5, 0.6) is 0 Å². The summed E-state index contributed by atoms with van der Waals surface area (Å²) in [5, 5.41) is 3.22. The van der Waals surface area contributed by atoms with Gasteiger partial charge in [0.25, 0.3) is 0 Å². The van der Waals surface area contributed by atoms with Crippen molar-refractivity contribution in [1.82, 2.24) is 5.32 Å². The van der Waals surface area contributed by atoms with Crippen molar-refractivity contribution in [2.75, 3.05) is 13.7 Å². The molecule has 1 N–H and O–H groups in total. The Hall–Kier alpha value is -1.42. The molecular weight excluding hydrogens is 233 g/mol. The minimum absolute atomic E-state index is 0.270. The molecule has 0 spiro atoms. The summed E-state index contributed by atoms with van der Waals surface area (Å²) in [6.45, 7) is 0.767. The summed E-state index contributed by atoms with van der Waals surface area (Å²) in [4.78, 5) is 12.0. The van der Waals surface area contributed by atoms with E-state index in [0.717, 1.165) is 19.4 Å². The average molecular weight is 251 g/mol. The molecule has 1 aromatic rings. The monoisotopic (exact) mass is 251 g/mol. The van der Waals surface area contributed by atoms with Crippen molar-refractivity contribution >= 4 is 5.97 Å². The van der Waals surface area contributed by atoms with Gasteiger partial charge in [-0.25, -0.2) is 4.39 Å². The fourth-order valence-electron chi connectivity index (χ4n) is 2.53. The summed E-state index contributed by atoms with van der Waals surface area (Å²) >= 11 is 0. The predicted molar refractivity (Wildman–Crippen MR) is 66.7 cm³/mol. The second-order valence-corrected chi connectivity index (χ2v) is 4.73. The lowest BCUT2D eigenvalue weighted by Crippen LogP contribution is -2.56. The fraction of sp³-hybridized carbons (Fsp3) is 0.500. The summed E-state index contributed by atoms with van der Waals surface area (Å²) in [6, 6.07) is 6.57. The van der Waals surface area contributed by atoms with Gasteiger partial charge in [-0.2, -0.15) is 0 Å². The van der Waals surface area contributed by atoms with Crippen LogP contribution in [0.1, 0.15) is 24.8 Å². The molecule has 0 bridgehead atoms. The highest BCUT2D eigenvalue weighted by molar-refractivity contribution is 5.81. The number of halogens is 1. The van der Waals surface area contributed by atoms with E-state index in [1.165, 1.54) is 13.2 Å². The van der Waals surface area contributed by atoms with E-state index in [4.69, 9.17) is 4.74 Å². The van der Waals surface area contributed by atoms with E-state index < -0.39 is 5.54 Å². The van der Waals surface area contributed by atoms with Gasteiger partial charge >= 0.3 is 5.97 Å². The van der Waals surface area contributed by atoms with Gasteiger partial charge in [0.1, 0.15) is 11.4 Å². The summed E-state index contributed by atoms with van der Waals surface area (Å²) in [5.41, 5.74) is -0.216. The molecule has 18 heavy (non-hydrogen) atoms. The Kier molecular flexibility index (Phi) is 3.97. The minimum Gasteiger partial charge on any atom is -0.468 e. The van der Waals surface area contributed by atoms with Crippen LogP contribution in [-0.2, 0) is 16.0 Å². The van der Waals surface area contributed by atoms with Crippen molar-refractivity contribution in [3.8, 4) is 0 Å². The number of carbonyl (C=O) groups is 1. The zero-order valence-corrected chi connectivity index (χ0v) is 10.5. The van der Waals surface area contributed by atoms with Crippen molar-refractivity contribution in [3.05, 3.63) is 35.6 Å². The zero-order valence-electron chi connectivity index (χ0n) is 10.5. The maximum Gasteiger partial charge on any atom is 0.326 e. The first-order valence-corrected chi connectivity index (χ1v) is 6.25.